The van der Waals surface area contributed by atoms with Crippen LogP contribution >= 0.6 is 0 Å². The van der Waals surface area contributed by atoms with Crippen molar-refractivity contribution in [3.8, 4) is 5.75 Å². The van der Waals surface area contributed by atoms with E-state index in [-0.39, 0.29) is 30.3 Å². The van der Waals surface area contributed by atoms with Crippen LogP contribution in [-0.4, -0.2) is 78.7 Å². The maximum Gasteiger partial charge on any atom is 0.245 e. The Labute approximate surface area is 243 Å². The lowest BCUT2D eigenvalue weighted by Gasteiger charge is -2.34. The molecule has 0 spiro atoms. The zero-order valence-corrected chi connectivity index (χ0v) is 24.4. The summed E-state index contributed by atoms with van der Waals surface area (Å²) in [5.41, 5.74) is 3.18. The summed E-state index contributed by atoms with van der Waals surface area (Å²) in [6.45, 7) is 4.39. The van der Waals surface area contributed by atoms with Crippen LogP contribution in [0.3, 0.4) is 0 Å². The number of aryl methyl sites for hydroxylation is 2. The lowest BCUT2D eigenvalue weighted by molar-refractivity contribution is -0.143. The minimum atomic E-state index is -1.14. The predicted molar refractivity (Wildman–Crippen MR) is 157 cm³/mol. The number of nitrogens with one attached hydrogen (secondary N) is 3. The molecule has 2 aliphatic heterocycles. The molecule has 9 nitrogen and oxygen atoms in total. The van der Waals surface area contributed by atoms with Crippen molar-refractivity contribution >= 4 is 17.7 Å². The highest BCUT2D eigenvalue weighted by atomic mass is 16.5. The first-order chi connectivity index (χ1) is 19.8. The first kappa shape index (κ1) is 30.5. The number of amides is 3. The fourth-order valence-corrected chi connectivity index (χ4v) is 5.59. The lowest BCUT2D eigenvalue weighted by atomic mass is 9.95. The normalized spacial score (nSPS) is 25.3. The van der Waals surface area contributed by atoms with E-state index < -0.39 is 30.6 Å². The van der Waals surface area contributed by atoms with E-state index in [9.17, 15) is 19.5 Å². The number of aliphatic hydroxyl groups excluding tert-OH is 1. The highest BCUT2D eigenvalue weighted by molar-refractivity contribution is 5.93. The summed E-state index contributed by atoms with van der Waals surface area (Å²) in [5, 5.41) is 19.4. The number of hydrogen-bond donors (Lipinski definition) is 4. The maximum atomic E-state index is 13.7. The predicted octanol–water partition coefficient (Wildman–Crippen LogP) is 1.99. The highest BCUT2D eigenvalue weighted by Crippen LogP contribution is 2.32. The van der Waals surface area contributed by atoms with Gasteiger partial charge in [0, 0.05) is 26.6 Å². The average Bonchev–Trinajstić information content (AvgIpc) is 2.99. The van der Waals surface area contributed by atoms with Crippen LogP contribution in [0.5, 0.6) is 5.75 Å². The molecule has 0 saturated heterocycles. The van der Waals surface area contributed by atoms with Crippen molar-refractivity contribution in [1.82, 2.24) is 20.9 Å². The quantitative estimate of drug-likeness (QED) is 0.441. The topological polar surface area (TPSA) is 120 Å². The zero-order chi connectivity index (χ0) is 29.4. The second-order valence-corrected chi connectivity index (χ2v) is 11.2. The summed E-state index contributed by atoms with van der Waals surface area (Å²) in [6, 6.07) is 13.1. The fraction of sp³-hybridized carbons (Fsp3) is 0.531. The standard InChI is InChI=1S/C32H44N4O5/c1-4-21(2)28-32(40)36(3)27(20-37)31(39)35-26(18-22-10-6-5-7-11-22)30(38)33-17-9-14-23-12-8-13-24-15-16-25(19-34-28)41-29(23)24/h5-8,10-13,21,25-28,34,37H,4,9,14-20H2,1-3H3,(H,33,38)(H,35,39)/t21?,25?,26-,27+,28-/m0/s1. The number of aliphatic hydroxyl groups is 1. The minimum Gasteiger partial charge on any atom is -0.489 e. The zero-order valence-electron chi connectivity index (χ0n) is 24.4. The van der Waals surface area contributed by atoms with Crippen LogP contribution in [0, 0.1) is 5.92 Å². The largest absolute Gasteiger partial charge is 0.489 e. The van der Waals surface area contributed by atoms with Crippen molar-refractivity contribution in [2.45, 2.75) is 76.6 Å². The molecule has 5 atom stereocenters. The molecule has 0 saturated carbocycles. The molecule has 4 N–H and O–H groups in total. The molecule has 0 fully saturated rings. The monoisotopic (exact) mass is 564 g/mol. The summed E-state index contributed by atoms with van der Waals surface area (Å²) in [6.07, 6.45) is 4.13. The molecular formula is C32H44N4O5. The molecule has 0 radical (unpaired) electrons. The van der Waals surface area contributed by atoms with Gasteiger partial charge >= 0.3 is 0 Å². The summed E-state index contributed by atoms with van der Waals surface area (Å²) >= 11 is 0. The van der Waals surface area contributed by atoms with Crippen LogP contribution in [0.1, 0.15) is 49.8 Å². The van der Waals surface area contributed by atoms with E-state index in [0.29, 0.717) is 19.5 Å². The number of carbonyl (C=O) groups is 3. The van der Waals surface area contributed by atoms with Crippen LogP contribution in [0.2, 0.25) is 0 Å². The number of rotatable bonds is 5. The molecule has 2 unspecified atom stereocenters. The highest BCUT2D eigenvalue weighted by Gasteiger charge is 2.35. The van der Waals surface area contributed by atoms with E-state index in [0.717, 1.165) is 42.6 Å². The molecule has 222 valence electrons. The van der Waals surface area contributed by atoms with E-state index in [1.165, 1.54) is 17.5 Å². The Balaban J connectivity index is 1.63. The Kier molecular flexibility index (Phi) is 10.8. The number of hydrogen-bond acceptors (Lipinski definition) is 6. The Morgan fingerprint density at radius 3 is 2.46 bits per heavy atom. The van der Waals surface area contributed by atoms with Crippen LogP contribution in [0.25, 0.3) is 0 Å². The van der Waals surface area contributed by atoms with Gasteiger partial charge in [0.05, 0.1) is 12.6 Å². The molecule has 2 aromatic rings. The SMILES string of the molecule is CCC(C)[C@@H]1NCC2CCc3cccc(c3O2)CCCNC(=O)[C@H](Cc2ccccc2)NC(=O)[C@@H](CO)N(C)C1=O. The summed E-state index contributed by atoms with van der Waals surface area (Å²) in [5.74, 6) is -0.257. The third-order valence-corrected chi connectivity index (χ3v) is 8.37. The van der Waals surface area contributed by atoms with E-state index in [1.54, 1.807) is 0 Å². The third kappa shape index (κ3) is 7.65. The Morgan fingerprint density at radius 1 is 1.02 bits per heavy atom. The van der Waals surface area contributed by atoms with Crippen LogP contribution < -0.4 is 20.7 Å². The molecule has 2 aromatic carbocycles. The molecule has 2 bridgehead atoms. The molecule has 2 aliphatic rings. The maximum absolute atomic E-state index is 13.7. The first-order valence-corrected chi connectivity index (χ1v) is 14.8. The molecule has 41 heavy (non-hydrogen) atoms. The number of ether oxygens (including phenoxy) is 1. The second kappa shape index (κ2) is 14.5. The van der Waals surface area contributed by atoms with Gasteiger partial charge < -0.3 is 30.7 Å². The fourth-order valence-electron chi connectivity index (χ4n) is 5.59. The molecule has 4 rings (SSSR count). The van der Waals surface area contributed by atoms with Gasteiger partial charge in [0.1, 0.15) is 23.9 Å². The van der Waals surface area contributed by atoms with Crippen molar-refractivity contribution in [3.63, 3.8) is 0 Å². The smallest absolute Gasteiger partial charge is 0.245 e. The second-order valence-electron chi connectivity index (χ2n) is 11.2. The molecule has 3 amide bonds. The summed E-state index contributed by atoms with van der Waals surface area (Å²) in [7, 11) is 1.53. The van der Waals surface area contributed by atoms with Crippen molar-refractivity contribution in [2.75, 3.05) is 26.7 Å². The molecule has 2 heterocycles. The van der Waals surface area contributed by atoms with Crippen LogP contribution in [-0.2, 0) is 33.6 Å². The Hall–Kier alpha value is -3.43. The van der Waals surface area contributed by atoms with Gasteiger partial charge in [-0.05, 0) is 48.3 Å². The van der Waals surface area contributed by atoms with E-state index in [4.69, 9.17) is 4.74 Å². The molecule has 0 aliphatic carbocycles. The van der Waals surface area contributed by atoms with Crippen LogP contribution in [0.4, 0.5) is 0 Å². The van der Waals surface area contributed by atoms with Crippen molar-refractivity contribution in [2.24, 2.45) is 5.92 Å². The number of likely N-dealkylation sites (N-methyl/N-ethyl adjacent to an activating group) is 1. The van der Waals surface area contributed by atoms with E-state index in [2.05, 4.69) is 34.1 Å². The number of benzene rings is 2. The van der Waals surface area contributed by atoms with Crippen molar-refractivity contribution in [1.29, 1.82) is 0 Å². The van der Waals surface area contributed by atoms with Gasteiger partial charge in [-0.2, -0.15) is 0 Å². The molecular weight excluding hydrogens is 520 g/mol. The van der Waals surface area contributed by atoms with Gasteiger partial charge in [-0.1, -0.05) is 68.8 Å². The first-order valence-electron chi connectivity index (χ1n) is 14.8. The summed E-state index contributed by atoms with van der Waals surface area (Å²) in [4.78, 5) is 41.8. The number of nitrogens with zero attached hydrogens (tertiary/aromatic N) is 1. The van der Waals surface area contributed by atoms with Gasteiger partial charge in [0.2, 0.25) is 17.7 Å². The summed E-state index contributed by atoms with van der Waals surface area (Å²) < 4.78 is 6.47. The van der Waals surface area contributed by atoms with Crippen molar-refractivity contribution < 1.29 is 24.2 Å². The van der Waals surface area contributed by atoms with Gasteiger partial charge in [-0.15, -0.1) is 0 Å². The third-order valence-electron chi connectivity index (χ3n) is 8.37. The van der Waals surface area contributed by atoms with Crippen molar-refractivity contribution in [3.05, 3.63) is 65.2 Å². The van der Waals surface area contributed by atoms with Gasteiger partial charge in [-0.3, -0.25) is 14.4 Å². The Morgan fingerprint density at radius 2 is 1.76 bits per heavy atom. The number of para-hydroxylation sites is 1. The Bertz CT molecular complexity index is 1190. The van der Waals surface area contributed by atoms with Gasteiger partial charge in [0.25, 0.3) is 0 Å². The van der Waals surface area contributed by atoms with E-state index in [1.807, 2.05) is 44.2 Å². The minimum absolute atomic E-state index is 0.0130. The van der Waals surface area contributed by atoms with Crippen LogP contribution in [0.15, 0.2) is 48.5 Å². The lowest BCUT2D eigenvalue weighted by Crippen LogP contribution is -2.59. The molecule has 9 heteroatoms. The number of fused-ring (bicyclic) bond motifs is 1. The molecule has 0 aromatic heterocycles. The average molecular weight is 565 g/mol. The van der Waals surface area contributed by atoms with Gasteiger partial charge in [0.15, 0.2) is 0 Å². The number of carbonyl (C=O) groups excluding carboxylic acids is 3. The van der Waals surface area contributed by atoms with E-state index >= 15 is 0 Å². The van der Waals surface area contributed by atoms with Gasteiger partial charge in [-0.25, -0.2) is 0 Å².